The zero-order valence-corrected chi connectivity index (χ0v) is 13.9. The van der Waals surface area contributed by atoms with E-state index in [9.17, 15) is 18.0 Å². The summed E-state index contributed by atoms with van der Waals surface area (Å²) in [5.74, 6) is 0.0447. The van der Waals surface area contributed by atoms with Crippen LogP contribution in [0.15, 0.2) is 34.0 Å². The lowest BCUT2D eigenvalue weighted by atomic mass is 10.1. The Morgan fingerprint density at radius 2 is 2.17 bits per heavy atom. The molecule has 0 aliphatic carbocycles. The minimum Gasteiger partial charge on any atom is -0.466 e. The summed E-state index contributed by atoms with van der Waals surface area (Å²) in [7, 11) is 0. The molecule has 8 heteroatoms. The molecule has 0 bridgehead atoms. The number of thioether (sulfide) groups is 1. The number of carbonyl (C=O) groups is 1. The van der Waals surface area contributed by atoms with Crippen molar-refractivity contribution < 1.29 is 22.7 Å². The van der Waals surface area contributed by atoms with E-state index in [0.29, 0.717) is 28.0 Å². The number of thiazole rings is 1. The fraction of sp³-hybridized carbons (Fsp3) is 0.333. The Bertz CT molecular complexity index is 671. The van der Waals surface area contributed by atoms with Gasteiger partial charge < -0.3 is 4.74 Å². The lowest BCUT2D eigenvalue weighted by Crippen LogP contribution is -2.07. The fourth-order valence-corrected chi connectivity index (χ4v) is 3.57. The highest BCUT2D eigenvalue weighted by Gasteiger charge is 2.30. The molecule has 23 heavy (non-hydrogen) atoms. The third-order valence-corrected chi connectivity index (χ3v) is 4.92. The molecular weight excluding hydrogens is 347 g/mol. The zero-order valence-electron chi connectivity index (χ0n) is 12.2. The molecule has 0 spiro atoms. The van der Waals surface area contributed by atoms with Crippen molar-refractivity contribution in [1.82, 2.24) is 4.98 Å². The third kappa shape index (κ3) is 5.54. The van der Waals surface area contributed by atoms with E-state index in [4.69, 9.17) is 4.74 Å². The van der Waals surface area contributed by atoms with Gasteiger partial charge in [0.15, 0.2) is 0 Å². The number of ether oxygens (including phenoxy) is 1. The predicted molar refractivity (Wildman–Crippen MR) is 83.5 cm³/mol. The molecule has 1 aromatic carbocycles. The molecule has 0 fully saturated rings. The predicted octanol–water partition coefficient (Wildman–Crippen LogP) is 4.56. The summed E-state index contributed by atoms with van der Waals surface area (Å²) >= 11 is 2.70. The number of esters is 1. The number of carbonyl (C=O) groups excluding carboxylic acids is 1. The molecule has 0 radical (unpaired) electrons. The second kappa shape index (κ2) is 7.83. The molecule has 124 valence electrons. The number of alkyl halides is 3. The van der Waals surface area contributed by atoms with Gasteiger partial charge in [0.2, 0.25) is 0 Å². The van der Waals surface area contributed by atoms with E-state index in [-0.39, 0.29) is 12.4 Å². The van der Waals surface area contributed by atoms with Gasteiger partial charge in [-0.05, 0) is 18.6 Å². The first kappa shape index (κ1) is 17.8. The molecule has 0 saturated heterocycles. The van der Waals surface area contributed by atoms with Crippen LogP contribution in [0, 0.1) is 0 Å². The Kier molecular flexibility index (Phi) is 6.06. The summed E-state index contributed by atoms with van der Waals surface area (Å²) in [6.07, 6.45) is -4.23. The fourth-order valence-electron chi connectivity index (χ4n) is 1.78. The van der Waals surface area contributed by atoms with E-state index in [0.717, 1.165) is 12.1 Å². The van der Waals surface area contributed by atoms with Gasteiger partial charge in [0.05, 0.1) is 24.3 Å². The van der Waals surface area contributed by atoms with Crippen molar-refractivity contribution in [3.05, 3.63) is 46.5 Å². The summed E-state index contributed by atoms with van der Waals surface area (Å²) in [6.45, 7) is 2.05. The Balaban J connectivity index is 1.94. The van der Waals surface area contributed by atoms with Gasteiger partial charge in [-0.25, -0.2) is 4.98 Å². The van der Waals surface area contributed by atoms with Crippen molar-refractivity contribution in [3.8, 4) is 0 Å². The first-order valence-electron chi connectivity index (χ1n) is 6.77. The van der Waals surface area contributed by atoms with Crippen molar-refractivity contribution in [1.29, 1.82) is 0 Å². The van der Waals surface area contributed by atoms with Crippen LogP contribution in [-0.4, -0.2) is 17.6 Å². The molecule has 0 aliphatic rings. The van der Waals surface area contributed by atoms with Crippen molar-refractivity contribution in [2.75, 3.05) is 6.61 Å². The van der Waals surface area contributed by atoms with Crippen molar-refractivity contribution in [2.45, 2.75) is 29.6 Å². The van der Waals surface area contributed by atoms with Gasteiger partial charge in [-0.1, -0.05) is 30.0 Å². The highest BCUT2D eigenvalue weighted by molar-refractivity contribution is 8.00. The van der Waals surface area contributed by atoms with Gasteiger partial charge >= 0.3 is 12.1 Å². The Labute approximate surface area is 139 Å². The summed E-state index contributed by atoms with van der Waals surface area (Å²) < 4.78 is 43.5. The van der Waals surface area contributed by atoms with Gasteiger partial charge in [-0.15, -0.1) is 11.3 Å². The molecule has 0 amide bonds. The van der Waals surface area contributed by atoms with Crippen molar-refractivity contribution in [3.63, 3.8) is 0 Å². The van der Waals surface area contributed by atoms with Crippen LogP contribution in [0.3, 0.4) is 0 Å². The number of nitrogens with zero attached hydrogens (tertiary/aromatic N) is 1. The van der Waals surface area contributed by atoms with E-state index in [2.05, 4.69) is 4.98 Å². The van der Waals surface area contributed by atoms with Gasteiger partial charge in [0.1, 0.15) is 4.34 Å². The summed E-state index contributed by atoms with van der Waals surface area (Å²) in [5.41, 5.74) is 0.532. The third-order valence-electron chi connectivity index (χ3n) is 2.78. The molecule has 3 nitrogen and oxygen atoms in total. The van der Waals surface area contributed by atoms with E-state index < -0.39 is 11.7 Å². The molecule has 2 rings (SSSR count). The van der Waals surface area contributed by atoms with Crippen LogP contribution < -0.4 is 0 Å². The van der Waals surface area contributed by atoms with Crippen molar-refractivity contribution in [2.24, 2.45) is 0 Å². The van der Waals surface area contributed by atoms with E-state index in [1.807, 2.05) is 0 Å². The second-order valence-electron chi connectivity index (χ2n) is 4.57. The smallest absolute Gasteiger partial charge is 0.416 e. The maximum absolute atomic E-state index is 12.7. The molecular formula is C15H14F3NO2S2. The molecule has 1 aromatic heterocycles. The Morgan fingerprint density at radius 3 is 2.87 bits per heavy atom. The molecule has 0 unspecified atom stereocenters. The summed E-state index contributed by atoms with van der Waals surface area (Å²) in [5, 5.41) is 1.76. The van der Waals surface area contributed by atoms with Crippen LogP contribution in [-0.2, 0) is 27.9 Å². The molecule has 0 atom stereocenters. The number of rotatable bonds is 6. The van der Waals surface area contributed by atoms with Crippen LogP contribution in [0.5, 0.6) is 0 Å². The second-order valence-corrected chi connectivity index (χ2v) is 6.65. The van der Waals surface area contributed by atoms with Crippen LogP contribution >= 0.6 is 23.1 Å². The van der Waals surface area contributed by atoms with Crippen LogP contribution in [0.1, 0.15) is 23.7 Å². The minimum atomic E-state index is -4.34. The van der Waals surface area contributed by atoms with Crippen molar-refractivity contribution >= 4 is 29.1 Å². The quantitative estimate of drug-likeness (QED) is 0.559. The van der Waals surface area contributed by atoms with Gasteiger partial charge in [0.25, 0.3) is 0 Å². The first-order valence-corrected chi connectivity index (χ1v) is 8.64. The standard InChI is InChI=1S/C15H14F3NO2S2/c1-2-21-13(20)7-12-9-23-14(19-12)22-8-10-4-3-5-11(6-10)15(16,17)18/h3-6,9H,2,7-8H2,1H3. The highest BCUT2D eigenvalue weighted by atomic mass is 32.2. The SMILES string of the molecule is CCOC(=O)Cc1csc(SCc2cccc(C(F)(F)F)c2)n1. The van der Waals surface area contributed by atoms with Gasteiger partial charge in [-0.2, -0.15) is 13.2 Å². The number of benzene rings is 1. The largest absolute Gasteiger partial charge is 0.466 e. The van der Waals surface area contributed by atoms with Crippen LogP contribution in [0.2, 0.25) is 0 Å². The lowest BCUT2D eigenvalue weighted by Gasteiger charge is -2.07. The number of aromatic nitrogens is 1. The van der Waals surface area contributed by atoms with Crippen LogP contribution in [0.25, 0.3) is 0 Å². The monoisotopic (exact) mass is 361 g/mol. The van der Waals surface area contributed by atoms with E-state index in [1.165, 1.54) is 29.2 Å². The zero-order chi connectivity index (χ0) is 16.9. The van der Waals surface area contributed by atoms with E-state index in [1.54, 1.807) is 18.4 Å². The Morgan fingerprint density at radius 1 is 1.39 bits per heavy atom. The van der Waals surface area contributed by atoms with Gasteiger partial charge in [-0.3, -0.25) is 4.79 Å². The first-order chi connectivity index (χ1) is 10.9. The number of hydrogen-bond donors (Lipinski definition) is 0. The minimum absolute atomic E-state index is 0.106. The number of hydrogen-bond acceptors (Lipinski definition) is 5. The number of halogens is 3. The Hall–Kier alpha value is -1.54. The molecule has 0 N–H and O–H groups in total. The summed E-state index contributed by atoms with van der Waals surface area (Å²) in [6, 6.07) is 5.23. The maximum atomic E-state index is 12.7. The molecule has 0 saturated carbocycles. The summed E-state index contributed by atoms with van der Waals surface area (Å²) in [4.78, 5) is 15.6. The normalized spacial score (nSPS) is 11.5. The van der Waals surface area contributed by atoms with Gasteiger partial charge in [0, 0.05) is 11.1 Å². The molecule has 0 aliphatic heterocycles. The molecule has 1 heterocycles. The maximum Gasteiger partial charge on any atom is 0.416 e. The lowest BCUT2D eigenvalue weighted by molar-refractivity contribution is -0.142. The topological polar surface area (TPSA) is 39.2 Å². The van der Waals surface area contributed by atoms with E-state index >= 15 is 0 Å². The van der Waals surface area contributed by atoms with Crippen LogP contribution in [0.4, 0.5) is 13.2 Å². The average molecular weight is 361 g/mol. The molecule has 2 aromatic rings. The highest BCUT2D eigenvalue weighted by Crippen LogP contribution is 2.32. The average Bonchev–Trinajstić information content (AvgIpc) is 2.92.